The quantitative estimate of drug-likeness (QED) is 0.703. The van der Waals surface area contributed by atoms with Crippen molar-refractivity contribution in [3.05, 3.63) is 6.20 Å². The van der Waals surface area contributed by atoms with Gasteiger partial charge in [0.25, 0.3) is 6.01 Å². The number of ether oxygens (including phenoxy) is 2. The summed E-state index contributed by atoms with van der Waals surface area (Å²) in [5, 5.41) is 3.60. The summed E-state index contributed by atoms with van der Waals surface area (Å²) in [4.78, 5) is 13.3. The van der Waals surface area contributed by atoms with Crippen molar-refractivity contribution in [2.45, 2.75) is 64.5 Å². The number of aromatic nitrogens is 4. The molecule has 7 heteroatoms. The van der Waals surface area contributed by atoms with Gasteiger partial charge in [0.05, 0.1) is 19.9 Å². The van der Waals surface area contributed by atoms with Crippen LogP contribution in [0.1, 0.15) is 51.9 Å². The van der Waals surface area contributed by atoms with E-state index in [9.17, 15) is 0 Å². The fourth-order valence-electron chi connectivity index (χ4n) is 3.28. The van der Waals surface area contributed by atoms with Gasteiger partial charge in [-0.2, -0.15) is 9.97 Å². The molecule has 2 aromatic heterocycles. The molecule has 25 heavy (non-hydrogen) atoms. The van der Waals surface area contributed by atoms with Crippen molar-refractivity contribution in [2.24, 2.45) is 0 Å². The maximum absolute atomic E-state index is 5.64. The molecule has 3 heterocycles. The van der Waals surface area contributed by atoms with E-state index >= 15 is 0 Å². The van der Waals surface area contributed by atoms with Crippen LogP contribution >= 0.6 is 0 Å². The summed E-state index contributed by atoms with van der Waals surface area (Å²) in [5.41, 5.74) is 1.53. The number of nitrogens with one attached hydrogen (secondary N) is 1. The Kier molecular flexibility index (Phi) is 6.44. The Balaban J connectivity index is 1.68. The van der Waals surface area contributed by atoms with E-state index in [1.165, 1.54) is 19.3 Å². The molecule has 1 saturated heterocycles. The van der Waals surface area contributed by atoms with Crippen LogP contribution in [-0.4, -0.2) is 45.8 Å². The van der Waals surface area contributed by atoms with Crippen LogP contribution in [0.5, 0.6) is 12.0 Å². The van der Waals surface area contributed by atoms with Gasteiger partial charge in [-0.15, -0.1) is 0 Å². The summed E-state index contributed by atoms with van der Waals surface area (Å²) < 4.78 is 13.1. The number of rotatable bonds is 9. The Hall–Kier alpha value is -1.89. The van der Waals surface area contributed by atoms with Crippen molar-refractivity contribution in [3.8, 4) is 12.0 Å². The molecule has 2 aromatic rings. The minimum absolute atomic E-state index is 0.415. The van der Waals surface area contributed by atoms with Crippen LogP contribution in [0.4, 0.5) is 0 Å². The molecule has 1 unspecified atom stereocenters. The molecule has 0 aliphatic carbocycles. The number of imidazole rings is 1. The average Bonchev–Trinajstić information content (AvgIpc) is 3.00. The third-order valence-electron chi connectivity index (χ3n) is 4.69. The van der Waals surface area contributed by atoms with Crippen molar-refractivity contribution in [1.82, 2.24) is 24.8 Å². The average molecular weight is 347 g/mol. The Morgan fingerprint density at radius 3 is 2.96 bits per heavy atom. The third kappa shape index (κ3) is 4.60. The molecule has 7 nitrogen and oxygen atoms in total. The predicted molar refractivity (Wildman–Crippen MR) is 97.2 cm³/mol. The number of fused-ring (bicyclic) bond motifs is 1. The summed E-state index contributed by atoms with van der Waals surface area (Å²) in [6.07, 6.45) is 9.93. The van der Waals surface area contributed by atoms with Crippen molar-refractivity contribution >= 4 is 11.2 Å². The molecule has 1 aliphatic rings. The number of hydrogen-bond acceptors (Lipinski definition) is 6. The van der Waals surface area contributed by atoms with Crippen LogP contribution in [0, 0.1) is 0 Å². The Bertz CT molecular complexity index is 667. The maximum atomic E-state index is 5.64. The number of unbranched alkanes of at least 4 members (excludes halogenated alkanes) is 1. The van der Waals surface area contributed by atoms with E-state index in [4.69, 9.17) is 9.47 Å². The van der Waals surface area contributed by atoms with Crippen LogP contribution in [0.15, 0.2) is 6.20 Å². The fourth-order valence-corrected chi connectivity index (χ4v) is 3.28. The van der Waals surface area contributed by atoms with E-state index in [1.54, 1.807) is 13.3 Å². The first kappa shape index (κ1) is 17.9. The van der Waals surface area contributed by atoms with E-state index < -0.39 is 0 Å². The van der Waals surface area contributed by atoms with Gasteiger partial charge >= 0.3 is 6.01 Å². The predicted octanol–water partition coefficient (Wildman–Crippen LogP) is 2.94. The smallest absolute Gasteiger partial charge is 0.318 e. The first-order valence-electron chi connectivity index (χ1n) is 9.45. The zero-order valence-electron chi connectivity index (χ0n) is 15.3. The van der Waals surface area contributed by atoms with Gasteiger partial charge in [0.1, 0.15) is 5.52 Å². The lowest BCUT2D eigenvalue weighted by Gasteiger charge is -2.23. The Labute approximate surface area is 149 Å². The lowest BCUT2D eigenvalue weighted by atomic mass is 10.0. The molecule has 1 atom stereocenters. The number of piperidine rings is 1. The lowest BCUT2D eigenvalue weighted by molar-refractivity contribution is 0.286. The number of nitrogens with zero attached hydrogens (tertiary/aromatic N) is 4. The van der Waals surface area contributed by atoms with Crippen molar-refractivity contribution in [3.63, 3.8) is 0 Å². The van der Waals surface area contributed by atoms with E-state index in [2.05, 4.69) is 27.2 Å². The standard InChI is InChI=1S/C18H29N5O2/c1-3-4-12-25-17-20-13-15-16(22-17)23(18(21-15)24-2)11-7-9-14-8-5-6-10-19-14/h13-14,19H,3-12H2,1-2H3. The van der Waals surface area contributed by atoms with Gasteiger partial charge in [-0.05, 0) is 38.6 Å². The van der Waals surface area contributed by atoms with Crippen LogP contribution in [0.2, 0.25) is 0 Å². The van der Waals surface area contributed by atoms with Crippen molar-refractivity contribution in [2.75, 3.05) is 20.3 Å². The van der Waals surface area contributed by atoms with Crippen LogP contribution in [0.25, 0.3) is 11.2 Å². The highest BCUT2D eigenvalue weighted by molar-refractivity contribution is 5.71. The maximum Gasteiger partial charge on any atom is 0.318 e. The minimum atomic E-state index is 0.415. The highest BCUT2D eigenvalue weighted by Crippen LogP contribution is 2.22. The molecule has 0 spiro atoms. The summed E-state index contributed by atoms with van der Waals surface area (Å²) in [7, 11) is 1.65. The fraction of sp³-hybridized carbons (Fsp3) is 0.722. The lowest BCUT2D eigenvalue weighted by Crippen LogP contribution is -2.33. The molecule has 1 aliphatic heterocycles. The Morgan fingerprint density at radius 1 is 1.28 bits per heavy atom. The highest BCUT2D eigenvalue weighted by Gasteiger charge is 2.16. The molecular weight excluding hydrogens is 318 g/mol. The van der Waals surface area contributed by atoms with E-state index in [-0.39, 0.29) is 0 Å². The third-order valence-corrected chi connectivity index (χ3v) is 4.69. The van der Waals surface area contributed by atoms with Crippen molar-refractivity contribution in [1.29, 1.82) is 0 Å². The van der Waals surface area contributed by atoms with Crippen LogP contribution in [-0.2, 0) is 6.54 Å². The SMILES string of the molecule is CCCCOc1ncc2nc(OC)n(CCCC3CCCCN3)c2n1. The van der Waals surface area contributed by atoms with Gasteiger partial charge in [0, 0.05) is 12.6 Å². The first-order valence-corrected chi connectivity index (χ1v) is 9.45. The van der Waals surface area contributed by atoms with E-state index in [0.29, 0.717) is 24.7 Å². The molecule has 1 fully saturated rings. The molecule has 1 N–H and O–H groups in total. The van der Waals surface area contributed by atoms with Gasteiger partial charge in [-0.3, -0.25) is 4.57 Å². The molecule has 0 saturated carbocycles. The second-order valence-corrected chi connectivity index (χ2v) is 6.60. The topological polar surface area (TPSA) is 74.1 Å². The van der Waals surface area contributed by atoms with E-state index in [1.807, 2.05) is 4.57 Å². The summed E-state index contributed by atoms with van der Waals surface area (Å²) in [5.74, 6) is 0. The number of methoxy groups -OCH3 is 1. The zero-order chi connectivity index (χ0) is 17.5. The number of hydrogen-bond donors (Lipinski definition) is 1. The second kappa shape index (κ2) is 8.99. The largest absolute Gasteiger partial charge is 0.468 e. The molecule has 0 radical (unpaired) electrons. The van der Waals surface area contributed by atoms with Crippen LogP contribution < -0.4 is 14.8 Å². The van der Waals surface area contributed by atoms with Crippen molar-refractivity contribution < 1.29 is 9.47 Å². The monoisotopic (exact) mass is 347 g/mol. The summed E-state index contributed by atoms with van der Waals surface area (Å²) in [6, 6.07) is 1.64. The van der Waals surface area contributed by atoms with E-state index in [0.717, 1.165) is 49.9 Å². The minimum Gasteiger partial charge on any atom is -0.468 e. The number of aryl methyl sites for hydroxylation is 1. The summed E-state index contributed by atoms with van der Waals surface area (Å²) in [6.45, 7) is 4.76. The van der Waals surface area contributed by atoms with Gasteiger partial charge in [-0.1, -0.05) is 19.8 Å². The molecular formula is C18H29N5O2. The van der Waals surface area contributed by atoms with Gasteiger partial charge in [0.15, 0.2) is 5.65 Å². The first-order chi connectivity index (χ1) is 12.3. The molecule has 138 valence electrons. The van der Waals surface area contributed by atoms with Gasteiger partial charge < -0.3 is 14.8 Å². The van der Waals surface area contributed by atoms with Gasteiger partial charge in [-0.25, -0.2) is 4.98 Å². The highest BCUT2D eigenvalue weighted by atomic mass is 16.5. The second-order valence-electron chi connectivity index (χ2n) is 6.60. The normalized spacial score (nSPS) is 17.8. The Morgan fingerprint density at radius 2 is 2.20 bits per heavy atom. The summed E-state index contributed by atoms with van der Waals surface area (Å²) >= 11 is 0. The zero-order valence-corrected chi connectivity index (χ0v) is 15.3. The molecule has 3 rings (SSSR count). The van der Waals surface area contributed by atoms with Gasteiger partial charge in [0.2, 0.25) is 0 Å². The molecule has 0 amide bonds. The molecule has 0 bridgehead atoms. The molecule has 0 aromatic carbocycles. The van der Waals surface area contributed by atoms with Crippen LogP contribution in [0.3, 0.4) is 0 Å².